The maximum absolute atomic E-state index is 10.3. The fourth-order valence-corrected chi connectivity index (χ4v) is 1.06. The number of hydrogen-bond acceptors (Lipinski definition) is 3. The van der Waals surface area contributed by atoms with Crippen molar-refractivity contribution >= 4 is 5.97 Å². The Bertz CT molecular complexity index is 110. The number of carboxylic acids is 1. The van der Waals surface area contributed by atoms with Crippen molar-refractivity contribution < 1.29 is 15.0 Å². The maximum Gasteiger partial charge on any atom is 0.320 e. The highest BCUT2D eigenvalue weighted by atomic mass is 16.4. The number of hydrogen-bond donors (Lipinski definition) is 3. The van der Waals surface area contributed by atoms with Gasteiger partial charge in [-0.05, 0) is 19.4 Å². The Hall–Kier alpha value is -0.610. The number of piperidine rings is 1. The zero-order valence-corrected chi connectivity index (χ0v) is 6.71. The number of nitrogens with one attached hydrogen (secondary N) is 1. The number of carboxylic acid groups (broad SMARTS) is 1. The van der Waals surface area contributed by atoms with Crippen LogP contribution in [-0.4, -0.2) is 35.9 Å². The van der Waals surface area contributed by atoms with Gasteiger partial charge in [-0.15, -0.1) is 0 Å². The summed E-state index contributed by atoms with van der Waals surface area (Å²) < 4.78 is 0. The van der Waals surface area contributed by atoms with Gasteiger partial charge in [0.15, 0.2) is 0 Å². The summed E-state index contributed by atoms with van der Waals surface area (Å²) in [5.74, 6) is -0.713. The molecule has 11 heavy (non-hydrogen) atoms. The van der Waals surface area contributed by atoms with E-state index in [4.69, 9.17) is 10.2 Å². The molecular weight excluding hydrogens is 146 g/mol. The molecule has 1 atom stereocenters. The summed E-state index contributed by atoms with van der Waals surface area (Å²) in [6.45, 7) is 0.858. The van der Waals surface area contributed by atoms with E-state index >= 15 is 0 Å². The number of rotatable bonds is 1. The Morgan fingerprint density at radius 1 is 1.45 bits per heavy atom. The van der Waals surface area contributed by atoms with Crippen molar-refractivity contribution in [3.8, 4) is 0 Å². The van der Waals surface area contributed by atoms with Crippen LogP contribution in [-0.2, 0) is 4.79 Å². The Morgan fingerprint density at radius 2 is 2.09 bits per heavy atom. The first-order valence-electron chi connectivity index (χ1n) is 3.71. The van der Waals surface area contributed by atoms with Crippen molar-refractivity contribution in [1.82, 2.24) is 5.32 Å². The molecule has 1 fully saturated rings. The van der Waals surface area contributed by atoms with E-state index in [1.54, 1.807) is 0 Å². The summed E-state index contributed by atoms with van der Waals surface area (Å²) in [6.07, 6.45) is 2.95. The fourth-order valence-electron chi connectivity index (χ4n) is 1.06. The van der Waals surface area contributed by atoms with Crippen molar-refractivity contribution in [2.45, 2.75) is 25.3 Å². The van der Waals surface area contributed by atoms with Gasteiger partial charge in [-0.3, -0.25) is 4.79 Å². The second kappa shape index (κ2) is 6.12. The molecule has 1 saturated heterocycles. The van der Waals surface area contributed by atoms with Crippen molar-refractivity contribution in [1.29, 1.82) is 0 Å². The SMILES string of the molecule is CO.O=C(O)C1CCCCN1. The predicted molar refractivity (Wildman–Crippen MR) is 41.4 cm³/mol. The zero-order chi connectivity index (χ0) is 8.69. The van der Waals surface area contributed by atoms with Crippen LogP contribution in [0.25, 0.3) is 0 Å². The van der Waals surface area contributed by atoms with Crippen LogP contribution in [0.4, 0.5) is 0 Å². The highest BCUT2D eigenvalue weighted by molar-refractivity contribution is 5.73. The van der Waals surface area contributed by atoms with Gasteiger partial charge in [-0.2, -0.15) is 0 Å². The minimum atomic E-state index is -0.713. The molecular formula is C7H15NO3. The van der Waals surface area contributed by atoms with E-state index in [1.807, 2.05) is 0 Å². The second-order valence-corrected chi connectivity index (χ2v) is 2.34. The summed E-state index contributed by atoms with van der Waals surface area (Å²) in [4.78, 5) is 10.3. The van der Waals surface area contributed by atoms with E-state index < -0.39 is 5.97 Å². The molecule has 0 aromatic heterocycles. The average molecular weight is 161 g/mol. The van der Waals surface area contributed by atoms with Crippen molar-refractivity contribution in [3.05, 3.63) is 0 Å². The molecule has 4 nitrogen and oxygen atoms in total. The molecule has 0 spiro atoms. The molecule has 0 radical (unpaired) electrons. The van der Waals surface area contributed by atoms with Gasteiger partial charge >= 0.3 is 5.97 Å². The van der Waals surface area contributed by atoms with E-state index in [-0.39, 0.29) is 6.04 Å². The lowest BCUT2D eigenvalue weighted by Gasteiger charge is -2.18. The Morgan fingerprint density at radius 3 is 2.36 bits per heavy atom. The van der Waals surface area contributed by atoms with E-state index in [0.29, 0.717) is 0 Å². The standard InChI is InChI=1S/C6H11NO2.CH4O/c8-6(9)5-3-1-2-4-7-5;1-2/h5,7H,1-4H2,(H,8,9);2H,1H3. The predicted octanol–water partition coefficient (Wildman–Crippen LogP) is -0.178. The minimum Gasteiger partial charge on any atom is -0.480 e. The second-order valence-electron chi connectivity index (χ2n) is 2.34. The first kappa shape index (κ1) is 10.4. The van der Waals surface area contributed by atoms with Crippen molar-refractivity contribution in [2.75, 3.05) is 13.7 Å². The summed E-state index contributed by atoms with van der Waals surface area (Å²) >= 11 is 0. The fraction of sp³-hybridized carbons (Fsp3) is 0.857. The van der Waals surface area contributed by atoms with Gasteiger partial charge in [0.1, 0.15) is 6.04 Å². The number of carbonyl (C=O) groups is 1. The topological polar surface area (TPSA) is 69.6 Å². The van der Waals surface area contributed by atoms with Gasteiger partial charge in [0.05, 0.1) is 0 Å². The van der Waals surface area contributed by atoms with Crippen molar-refractivity contribution in [2.24, 2.45) is 0 Å². The monoisotopic (exact) mass is 161 g/mol. The molecule has 4 heteroatoms. The lowest BCUT2D eigenvalue weighted by Crippen LogP contribution is -2.40. The third-order valence-corrected chi connectivity index (χ3v) is 1.61. The van der Waals surface area contributed by atoms with E-state index in [9.17, 15) is 4.79 Å². The number of aliphatic hydroxyl groups is 1. The van der Waals surface area contributed by atoms with Crippen LogP contribution in [0.5, 0.6) is 0 Å². The van der Waals surface area contributed by atoms with Crippen LogP contribution in [0, 0.1) is 0 Å². The molecule has 0 amide bonds. The van der Waals surface area contributed by atoms with Crippen LogP contribution >= 0.6 is 0 Å². The van der Waals surface area contributed by atoms with Gasteiger partial charge < -0.3 is 15.5 Å². The normalized spacial score (nSPS) is 23.3. The average Bonchev–Trinajstić information content (AvgIpc) is 2.10. The van der Waals surface area contributed by atoms with Gasteiger partial charge in [0, 0.05) is 7.11 Å². The molecule has 1 unspecified atom stereocenters. The smallest absolute Gasteiger partial charge is 0.320 e. The molecule has 0 aliphatic carbocycles. The largest absolute Gasteiger partial charge is 0.480 e. The summed E-state index contributed by atoms with van der Waals surface area (Å²) in [5, 5.41) is 18.4. The highest BCUT2D eigenvalue weighted by Gasteiger charge is 2.18. The molecule has 0 aromatic rings. The summed E-state index contributed by atoms with van der Waals surface area (Å²) in [6, 6.07) is -0.279. The van der Waals surface area contributed by atoms with Crippen molar-refractivity contribution in [3.63, 3.8) is 0 Å². The number of aliphatic carboxylic acids is 1. The molecule has 1 heterocycles. The van der Waals surface area contributed by atoms with Gasteiger partial charge in [0.25, 0.3) is 0 Å². The third kappa shape index (κ3) is 3.95. The molecule has 0 saturated carbocycles. The van der Waals surface area contributed by atoms with E-state index in [0.717, 1.165) is 32.9 Å². The summed E-state index contributed by atoms with van der Waals surface area (Å²) in [5.41, 5.74) is 0. The lowest BCUT2D eigenvalue weighted by molar-refractivity contribution is -0.140. The third-order valence-electron chi connectivity index (χ3n) is 1.61. The van der Waals surface area contributed by atoms with Crippen LogP contribution in [0.2, 0.25) is 0 Å². The zero-order valence-electron chi connectivity index (χ0n) is 6.71. The first-order valence-corrected chi connectivity index (χ1v) is 3.71. The van der Waals surface area contributed by atoms with Gasteiger partial charge in [-0.1, -0.05) is 6.42 Å². The highest BCUT2D eigenvalue weighted by Crippen LogP contribution is 2.05. The molecule has 1 rings (SSSR count). The van der Waals surface area contributed by atoms with Crippen LogP contribution in [0.15, 0.2) is 0 Å². The lowest BCUT2D eigenvalue weighted by atomic mass is 10.1. The molecule has 3 N–H and O–H groups in total. The van der Waals surface area contributed by atoms with E-state index in [1.165, 1.54) is 0 Å². The number of aliphatic hydroxyl groups excluding tert-OH is 1. The molecule has 0 aromatic carbocycles. The molecule has 1 aliphatic rings. The molecule has 1 aliphatic heterocycles. The Labute approximate surface area is 66.2 Å². The maximum atomic E-state index is 10.3. The Kier molecular flexibility index (Phi) is 5.78. The van der Waals surface area contributed by atoms with Crippen LogP contribution in [0.1, 0.15) is 19.3 Å². The van der Waals surface area contributed by atoms with Crippen LogP contribution in [0.3, 0.4) is 0 Å². The molecule has 66 valence electrons. The minimum absolute atomic E-state index is 0.279. The first-order chi connectivity index (χ1) is 5.30. The quantitative estimate of drug-likeness (QED) is 0.499. The Balaban J connectivity index is 0.000000461. The van der Waals surface area contributed by atoms with E-state index in [2.05, 4.69) is 5.32 Å². The molecule has 0 bridgehead atoms. The summed E-state index contributed by atoms with van der Waals surface area (Å²) in [7, 11) is 1.00. The van der Waals surface area contributed by atoms with Gasteiger partial charge in [0.2, 0.25) is 0 Å². The van der Waals surface area contributed by atoms with Crippen LogP contribution < -0.4 is 5.32 Å². The van der Waals surface area contributed by atoms with Gasteiger partial charge in [-0.25, -0.2) is 0 Å².